The summed E-state index contributed by atoms with van der Waals surface area (Å²) in [6.45, 7) is 8.35. The van der Waals surface area contributed by atoms with Crippen molar-refractivity contribution in [2.45, 2.75) is 46.6 Å². The highest BCUT2D eigenvalue weighted by molar-refractivity contribution is 5.93. The first-order valence-corrected chi connectivity index (χ1v) is 9.03. The van der Waals surface area contributed by atoms with Crippen LogP contribution in [-0.4, -0.2) is 48.3 Å². The van der Waals surface area contributed by atoms with Gasteiger partial charge in [-0.3, -0.25) is 19.3 Å². The number of nitrogens with zero attached hydrogens (tertiary/aromatic N) is 1. The molecule has 0 spiro atoms. The van der Waals surface area contributed by atoms with Gasteiger partial charge in [0.05, 0.1) is 13.1 Å². The number of benzene rings is 1. The van der Waals surface area contributed by atoms with E-state index in [0.29, 0.717) is 17.9 Å². The lowest BCUT2D eigenvalue weighted by molar-refractivity contribution is -0.124. The normalized spacial score (nSPS) is 11.7. The molecule has 1 rings (SSSR count). The van der Waals surface area contributed by atoms with Crippen LogP contribution in [0.2, 0.25) is 0 Å². The molecule has 144 valence electrons. The largest absolute Gasteiger partial charge is 0.353 e. The molecular weight excluding hydrogens is 332 g/mol. The van der Waals surface area contributed by atoms with Gasteiger partial charge >= 0.3 is 0 Å². The van der Waals surface area contributed by atoms with Crippen molar-refractivity contribution in [2.75, 3.05) is 30.3 Å². The summed E-state index contributed by atoms with van der Waals surface area (Å²) in [6.07, 6.45) is 1.95. The van der Waals surface area contributed by atoms with E-state index in [9.17, 15) is 14.4 Å². The van der Waals surface area contributed by atoms with E-state index in [-0.39, 0.29) is 36.9 Å². The van der Waals surface area contributed by atoms with Crippen LogP contribution in [0.1, 0.15) is 40.5 Å². The molecule has 0 heterocycles. The summed E-state index contributed by atoms with van der Waals surface area (Å²) in [5.41, 5.74) is 1.31. The molecular formula is C19H30N4O3. The topological polar surface area (TPSA) is 90.5 Å². The first-order valence-electron chi connectivity index (χ1n) is 9.03. The van der Waals surface area contributed by atoms with E-state index >= 15 is 0 Å². The third-order valence-electron chi connectivity index (χ3n) is 3.80. The van der Waals surface area contributed by atoms with Gasteiger partial charge in [0.2, 0.25) is 17.7 Å². The molecule has 0 radical (unpaired) electrons. The van der Waals surface area contributed by atoms with Crippen molar-refractivity contribution in [3.63, 3.8) is 0 Å². The van der Waals surface area contributed by atoms with Crippen LogP contribution >= 0.6 is 0 Å². The second-order valence-electron chi connectivity index (χ2n) is 6.37. The minimum atomic E-state index is -0.187. The molecule has 26 heavy (non-hydrogen) atoms. The molecule has 0 unspecified atom stereocenters. The molecule has 1 aromatic rings. The molecule has 0 saturated carbocycles. The molecule has 0 saturated heterocycles. The molecule has 0 aliphatic carbocycles. The van der Waals surface area contributed by atoms with E-state index in [4.69, 9.17) is 0 Å². The second kappa shape index (κ2) is 11.3. The van der Waals surface area contributed by atoms with Gasteiger partial charge in [-0.25, -0.2) is 0 Å². The Balaban J connectivity index is 2.48. The Bertz CT molecular complexity index is 601. The average Bonchev–Trinajstić information content (AvgIpc) is 2.55. The molecule has 7 nitrogen and oxygen atoms in total. The summed E-state index contributed by atoms with van der Waals surface area (Å²) in [5.74, 6) is -0.402. The molecule has 7 heteroatoms. The second-order valence-corrected chi connectivity index (χ2v) is 6.37. The highest BCUT2D eigenvalue weighted by Crippen LogP contribution is 2.13. The standard InChI is InChI=1S/C19H30N4O3/c1-5-7-14(3)20-18(25)12-23(6-2)13-19(26)22-17-10-8-16(9-11-17)21-15(4)24/h8-11,14H,5-7,12-13H2,1-4H3,(H,20,25)(H,21,24)(H,22,26)/t14-/m1/s1. The van der Waals surface area contributed by atoms with E-state index < -0.39 is 0 Å². The molecule has 0 bridgehead atoms. The molecule has 0 aliphatic heterocycles. The van der Waals surface area contributed by atoms with Gasteiger partial charge in [0.25, 0.3) is 0 Å². The quantitative estimate of drug-likeness (QED) is 0.595. The maximum absolute atomic E-state index is 12.2. The van der Waals surface area contributed by atoms with Gasteiger partial charge in [-0.15, -0.1) is 0 Å². The van der Waals surface area contributed by atoms with Gasteiger partial charge in [0.1, 0.15) is 0 Å². The predicted octanol–water partition coefficient (Wildman–Crippen LogP) is 2.21. The van der Waals surface area contributed by atoms with Gasteiger partial charge in [0.15, 0.2) is 0 Å². The Hall–Kier alpha value is -2.41. The molecule has 1 aromatic carbocycles. The highest BCUT2D eigenvalue weighted by atomic mass is 16.2. The number of amides is 3. The first-order chi connectivity index (χ1) is 12.3. The molecule has 0 aromatic heterocycles. The minimum Gasteiger partial charge on any atom is -0.353 e. The van der Waals surface area contributed by atoms with E-state index in [0.717, 1.165) is 12.8 Å². The zero-order chi connectivity index (χ0) is 19.5. The molecule has 1 atom stereocenters. The average molecular weight is 362 g/mol. The van der Waals surface area contributed by atoms with Crippen molar-refractivity contribution in [1.82, 2.24) is 10.2 Å². The lowest BCUT2D eigenvalue weighted by atomic mass is 10.2. The van der Waals surface area contributed by atoms with Crippen LogP contribution in [0, 0.1) is 0 Å². The third-order valence-corrected chi connectivity index (χ3v) is 3.80. The van der Waals surface area contributed by atoms with E-state index in [1.807, 2.05) is 13.8 Å². The number of carbonyl (C=O) groups excluding carboxylic acids is 3. The van der Waals surface area contributed by atoms with Crippen LogP contribution in [0.3, 0.4) is 0 Å². The lowest BCUT2D eigenvalue weighted by Crippen LogP contribution is -2.43. The fourth-order valence-corrected chi connectivity index (χ4v) is 2.55. The first kappa shape index (κ1) is 21.6. The number of anilines is 2. The van der Waals surface area contributed by atoms with Crippen LogP contribution in [0.5, 0.6) is 0 Å². The van der Waals surface area contributed by atoms with Crippen molar-refractivity contribution >= 4 is 29.1 Å². The van der Waals surface area contributed by atoms with Crippen LogP contribution in [-0.2, 0) is 14.4 Å². The lowest BCUT2D eigenvalue weighted by Gasteiger charge is -2.21. The maximum atomic E-state index is 12.2. The molecule has 3 amide bonds. The number of carbonyl (C=O) groups is 3. The number of nitrogens with one attached hydrogen (secondary N) is 3. The Kier molecular flexibility index (Phi) is 9.36. The maximum Gasteiger partial charge on any atom is 0.238 e. The fourth-order valence-electron chi connectivity index (χ4n) is 2.55. The fraction of sp³-hybridized carbons (Fsp3) is 0.526. The summed E-state index contributed by atoms with van der Waals surface area (Å²) < 4.78 is 0. The van der Waals surface area contributed by atoms with Gasteiger partial charge < -0.3 is 16.0 Å². The predicted molar refractivity (Wildman–Crippen MR) is 104 cm³/mol. The van der Waals surface area contributed by atoms with Gasteiger partial charge in [-0.2, -0.15) is 0 Å². The SMILES string of the molecule is CCC[C@@H](C)NC(=O)CN(CC)CC(=O)Nc1ccc(NC(C)=O)cc1. The van der Waals surface area contributed by atoms with E-state index in [1.54, 1.807) is 29.2 Å². The Labute approximate surface area is 155 Å². The Morgan fingerprint density at radius 3 is 2.00 bits per heavy atom. The van der Waals surface area contributed by atoms with Crippen LogP contribution in [0.15, 0.2) is 24.3 Å². The smallest absolute Gasteiger partial charge is 0.238 e. The third kappa shape index (κ3) is 8.62. The summed E-state index contributed by atoms with van der Waals surface area (Å²) in [4.78, 5) is 37.0. The monoisotopic (exact) mass is 362 g/mol. The van der Waals surface area contributed by atoms with Crippen LogP contribution < -0.4 is 16.0 Å². The number of hydrogen-bond donors (Lipinski definition) is 3. The molecule has 0 fully saturated rings. The Morgan fingerprint density at radius 2 is 1.50 bits per heavy atom. The van der Waals surface area contributed by atoms with Crippen molar-refractivity contribution in [3.05, 3.63) is 24.3 Å². The molecule has 3 N–H and O–H groups in total. The number of likely N-dealkylation sites (N-methyl/N-ethyl adjacent to an activating group) is 1. The van der Waals surface area contributed by atoms with Gasteiger partial charge in [-0.1, -0.05) is 20.3 Å². The summed E-state index contributed by atoms with van der Waals surface area (Å²) >= 11 is 0. The number of rotatable bonds is 10. The zero-order valence-electron chi connectivity index (χ0n) is 16.1. The number of hydrogen-bond acceptors (Lipinski definition) is 4. The van der Waals surface area contributed by atoms with Crippen LogP contribution in [0.4, 0.5) is 11.4 Å². The zero-order valence-corrected chi connectivity index (χ0v) is 16.1. The van der Waals surface area contributed by atoms with E-state index in [2.05, 4.69) is 22.9 Å². The van der Waals surface area contributed by atoms with Crippen molar-refractivity contribution in [1.29, 1.82) is 0 Å². The highest BCUT2D eigenvalue weighted by Gasteiger charge is 2.14. The minimum absolute atomic E-state index is 0.0692. The van der Waals surface area contributed by atoms with Crippen molar-refractivity contribution in [2.24, 2.45) is 0 Å². The van der Waals surface area contributed by atoms with Gasteiger partial charge in [0, 0.05) is 24.3 Å². The van der Waals surface area contributed by atoms with Crippen molar-refractivity contribution in [3.8, 4) is 0 Å². The summed E-state index contributed by atoms with van der Waals surface area (Å²) in [5, 5.41) is 8.41. The van der Waals surface area contributed by atoms with E-state index in [1.165, 1.54) is 6.92 Å². The van der Waals surface area contributed by atoms with Crippen molar-refractivity contribution < 1.29 is 14.4 Å². The van der Waals surface area contributed by atoms with Gasteiger partial charge in [-0.05, 0) is 44.2 Å². The Morgan fingerprint density at radius 1 is 0.962 bits per heavy atom. The molecule has 0 aliphatic rings. The summed E-state index contributed by atoms with van der Waals surface area (Å²) in [6, 6.07) is 7.02. The van der Waals surface area contributed by atoms with Crippen LogP contribution in [0.25, 0.3) is 0 Å². The summed E-state index contributed by atoms with van der Waals surface area (Å²) in [7, 11) is 0.